The Labute approximate surface area is 224 Å². The molecule has 198 valence electrons. The van der Waals surface area contributed by atoms with Gasteiger partial charge in [0.05, 0.1) is 11.0 Å². The normalized spacial score (nSPS) is 34.0. The van der Waals surface area contributed by atoms with Gasteiger partial charge < -0.3 is 15.2 Å². The first-order chi connectivity index (χ1) is 18.5. The number of rotatable bonds is 6. The van der Waals surface area contributed by atoms with E-state index in [4.69, 9.17) is 15.2 Å². The second kappa shape index (κ2) is 8.69. The molecule has 0 unspecified atom stereocenters. The molecular formula is C32H36N2O4. The number of pyridine rings is 1. The average molecular weight is 513 g/mol. The minimum absolute atomic E-state index is 0.0608. The van der Waals surface area contributed by atoms with Gasteiger partial charge >= 0.3 is 11.9 Å². The maximum absolute atomic E-state index is 13.7. The van der Waals surface area contributed by atoms with Crippen LogP contribution in [0.5, 0.6) is 0 Å². The SMILES string of the molecule is CCC/C=C1\OC(=O)C2=C(Cc3ccnc(N)c3)[C@H]3CC[C@]21[C@H]1C2=C4C(=C(CCC)CC[C@@H]4C[C@@H]31)OC2=O. The molecular weight excluding hydrogens is 476 g/mol. The molecule has 7 aliphatic rings. The van der Waals surface area contributed by atoms with E-state index in [1.165, 1.54) is 16.7 Å². The van der Waals surface area contributed by atoms with Gasteiger partial charge in [-0.15, -0.1) is 0 Å². The summed E-state index contributed by atoms with van der Waals surface area (Å²) in [4.78, 5) is 31.6. The van der Waals surface area contributed by atoms with E-state index in [-0.39, 0.29) is 23.8 Å². The predicted molar refractivity (Wildman–Crippen MR) is 143 cm³/mol. The zero-order chi connectivity index (χ0) is 26.2. The largest absolute Gasteiger partial charge is 0.427 e. The van der Waals surface area contributed by atoms with Crippen molar-refractivity contribution >= 4 is 17.8 Å². The minimum Gasteiger partial charge on any atom is -0.427 e. The van der Waals surface area contributed by atoms with Crippen LogP contribution >= 0.6 is 0 Å². The monoisotopic (exact) mass is 512 g/mol. The van der Waals surface area contributed by atoms with Crippen LogP contribution < -0.4 is 5.73 Å². The fraction of sp³-hybridized carbons (Fsp3) is 0.531. The lowest BCUT2D eigenvalue weighted by molar-refractivity contribution is -0.135. The summed E-state index contributed by atoms with van der Waals surface area (Å²) in [6, 6.07) is 3.91. The van der Waals surface area contributed by atoms with Crippen LogP contribution in [-0.2, 0) is 25.5 Å². The number of carbonyl (C=O) groups excluding carboxylic acids is 2. The minimum atomic E-state index is -0.580. The summed E-state index contributed by atoms with van der Waals surface area (Å²) in [5.41, 5.74) is 11.9. The quantitative estimate of drug-likeness (QED) is 0.463. The smallest absolute Gasteiger partial charge is 0.340 e. The first-order valence-electron chi connectivity index (χ1n) is 14.5. The van der Waals surface area contributed by atoms with Crippen molar-refractivity contribution in [2.45, 2.75) is 78.1 Å². The number of hydrogen-bond acceptors (Lipinski definition) is 6. The molecule has 1 aromatic rings. The Hall–Kier alpha value is -3.15. The highest BCUT2D eigenvalue weighted by Gasteiger charge is 2.69. The second-order valence-electron chi connectivity index (χ2n) is 12.0. The zero-order valence-corrected chi connectivity index (χ0v) is 22.3. The Kier molecular flexibility index (Phi) is 5.47. The van der Waals surface area contributed by atoms with Crippen molar-refractivity contribution in [3.05, 3.63) is 69.4 Å². The fourth-order valence-corrected chi connectivity index (χ4v) is 8.90. The van der Waals surface area contributed by atoms with E-state index in [1.54, 1.807) is 6.20 Å². The molecule has 2 fully saturated rings. The number of hydrogen-bond donors (Lipinski definition) is 1. The van der Waals surface area contributed by atoms with E-state index in [1.807, 2.05) is 12.1 Å². The summed E-state index contributed by atoms with van der Waals surface area (Å²) in [7, 11) is 0. The summed E-state index contributed by atoms with van der Waals surface area (Å²) in [6.07, 6.45) is 13.4. The van der Waals surface area contributed by atoms with Crippen LogP contribution in [0.4, 0.5) is 5.82 Å². The Morgan fingerprint density at radius 3 is 2.79 bits per heavy atom. The predicted octanol–water partition coefficient (Wildman–Crippen LogP) is 6.11. The molecule has 1 aromatic heterocycles. The standard InChI is InChI=1S/C32H36N2O4/c1-3-5-7-23-32-12-10-20(21(28(32)31(36)37-23)14-17-11-13-34-24(33)15-17)22-16-19-9-8-18(6-4-2)29-25(19)26(27(22)32)30(35)38-29/h7,11,13,15,19-20,22,27H,3-6,8-10,12,14,16H2,1-2H3,(H2,33,34)/b23-7-/t19-,20-,22+,27-,32+/m1/s1. The summed E-state index contributed by atoms with van der Waals surface area (Å²) < 4.78 is 12.3. The molecule has 8 rings (SSSR count). The fourth-order valence-electron chi connectivity index (χ4n) is 8.90. The van der Waals surface area contributed by atoms with Gasteiger partial charge in [-0.1, -0.05) is 32.3 Å². The van der Waals surface area contributed by atoms with Gasteiger partial charge in [0.1, 0.15) is 17.3 Å². The third-order valence-electron chi connectivity index (χ3n) is 10.1. The molecule has 6 nitrogen and oxygen atoms in total. The molecule has 0 radical (unpaired) electrons. The van der Waals surface area contributed by atoms with Crippen LogP contribution in [0.25, 0.3) is 0 Å². The molecule has 1 saturated heterocycles. The topological polar surface area (TPSA) is 91.5 Å². The number of aromatic nitrogens is 1. The molecule has 1 spiro atoms. The van der Waals surface area contributed by atoms with Crippen LogP contribution in [-0.4, -0.2) is 16.9 Å². The lowest BCUT2D eigenvalue weighted by Gasteiger charge is -2.57. The van der Waals surface area contributed by atoms with E-state index in [0.29, 0.717) is 24.1 Å². The number of unbranched alkanes of at least 4 members (excludes halogenated alkanes) is 1. The van der Waals surface area contributed by atoms with Gasteiger partial charge in [-0.25, -0.2) is 14.6 Å². The molecule has 0 amide bonds. The van der Waals surface area contributed by atoms with Crippen molar-refractivity contribution in [3.63, 3.8) is 0 Å². The van der Waals surface area contributed by atoms with Crippen LogP contribution in [0, 0.1) is 29.1 Å². The lowest BCUT2D eigenvalue weighted by Crippen LogP contribution is -2.53. The van der Waals surface area contributed by atoms with Crippen LogP contribution in [0.15, 0.2) is 63.8 Å². The maximum Gasteiger partial charge on any atom is 0.340 e. The summed E-state index contributed by atoms with van der Waals surface area (Å²) in [5.74, 6) is 2.58. The summed E-state index contributed by atoms with van der Waals surface area (Å²) >= 11 is 0. The van der Waals surface area contributed by atoms with Crippen molar-refractivity contribution in [3.8, 4) is 0 Å². The zero-order valence-electron chi connectivity index (χ0n) is 22.3. The van der Waals surface area contributed by atoms with Gasteiger partial charge in [0, 0.05) is 23.3 Å². The van der Waals surface area contributed by atoms with Gasteiger partial charge in [-0.05, 0) is 98.5 Å². The number of cyclic esters (lactones) is 1. The molecule has 38 heavy (non-hydrogen) atoms. The van der Waals surface area contributed by atoms with Crippen molar-refractivity contribution in [1.29, 1.82) is 0 Å². The third-order valence-corrected chi connectivity index (χ3v) is 10.1. The highest BCUT2D eigenvalue weighted by molar-refractivity contribution is 6.00. The van der Waals surface area contributed by atoms with E-state index >= 15 is 0 Å². The number of anilines is 1. The van der Waals surface area contributed by atoms with Crippen LogP contribution in [0.2, 0.25) is 0 Å². The first kappa shape index (κ1) is 23.9. The highest BCUT2D eigenvalue weighted by atomic mass is 16.5. The molecule has 6 heteroatoms. The van der Waals surface area contributed by atoms with Crippen molar-refractivity contribution < 1.29 is 19.1 Å². The Morgan fingerprint density at radius 2 is 2.00 bits per heavy atom. The molecule has 2 bridgehead atoms. The first-order valence-corrected chi connectivity index (χ1v) is 14.5. The van der Waals surface area contributed by atoms with Gasteiger partial charge in [0.15, 0.2) is 0 Å². The van der Waals surface area contributed by atoms with Gasteiger partial charge in [-0.2, -0.15) is 0 Å². The van der Waals surface area contributed by atoms with Crippen molar-refractivity contribution in [2.24, 2.45) is 29.1 Å². The maximum atomic E-state index is 13.7. The number of allylic oxidation sites excluding steroid dienone is 5. The van der Waals surface area contributed by atoms with Gasteiger partial charge in [0.25, 0.3) is 0 Å². The number of nitrogens with zero attached hydrogens (tertiary/aromatic N) is 1. The number of carbonyl (C=O) groups is 2. The molecule has 0 aromatic carbocycles. The molecule has 2 N–H and O–H groups in total. The van der Waals surface area contributed by atoms with Crippen molar-refractivity contribution in [2.75, 3.05) is 5.73 Å². The average Bonchev–Trinajstić information content (AvgIpc) is 3.40. The molecule has 5 atom stereocenters. The number of fused-ring (bicyclic) bond motifs is 1. The van der Waals surface area contributed by atoms with E-state index in [2.05, 4.69) is 24.9 Å². The molecule has 3 heterocycles. The Morgan fingerprint density at radius 1 is 1.13 bits per heavy atom. The number of ether oxygens (including phenoxy) is 2. The highest BCUT2D eigenvalue weighted by Crippen LogP contribution is 2.71. The number of nitrogens with two attached hydrogens (primary N) is 1. The van der Waals surface area contributed by atoms with Crippen LogP contribution in [0.3, 0.4) is 0 Å². The second-order valence-corrected chi connectivity index (χ2v) is 12.0. The molecule has 2 aliphatic heterocycles. The van der Waals surface area contributed by atoms with Gasteiger partial charge in [-0.3, -0.25) is 0 Å². The Balaban J connectivity index is 1.45. The van der Waals surface area contributed by atoms with E-state index in [9.17, 15) is 9.59 Å². The van der Waals surface area contributed by atoms with Gasteiger partial charge in [0.2, 0.25) is 0 Å². The number of nitrogen functional groups attached to an aromatic ring is 1. The molecule has 1 saturated carbocycles. The summed E-state index contributed by atoms with van der Waals surface area (Å²) in [6.45, 7) is 4.32. The lowest BCUT2D eigenvalue weighted by atomic mass is 9.43. The van der Waals surface area contributed by atoms with Crippen molar-refractivity contribution in [1.82, 2.24) is 4.98 Å². The van der Waals surface area contributed by atoms with E-state index in [0.717, 1.165) is 86.0 Å². The molecule has 5 aliphatic carbocycles. The van der Waals surface area contributed by atoms with E-state index < -0.39 is 5.41 Å². The number of esters is 2. The third kappa shape index (κ3) is 3.15. The summed E-state index contributed by atoms with van der Waals surface area (Å²) in [5, 5.41) is 0. The Bertz CT molecular complexity index is 1380. The van der Waals surface area contributed by atoms with Crippen LogP contribution in [0.1, 0.15) is 77.2 Å².